The van der Waals surface area contributed by atoms with Gasteiger partial charge in [-0.15, -0.1) is 0 Å². The second kappa shape index (κ2) is 35.8. The number of carbonyl (C=O) groups excluding carboxylic acids is 1. The number of rotatable bonds is 39. The first-order valence-corrected chi connectivity index (χ1v) is 22.6. The lowest BCUT2D eigenvalue weighted by Gasteiger charge is -2.28. The number of phosphoric ester groups is 1. The van der Waals surface area contributed by atoms with Crippen molar-refractivity contribution in [3.8, 4) is 0 Å². The van der Waals surface area contributed by atoms with Crippen LogP contribution in [-0.4, -0.2) is 64.1 Å². The molecule has 302 valence electrons. The predicted octanol–water partition coefficient (Wildman–Crippen LogP) is 11.8. The van der Waals surface area contributed by atoms with E-state index in [2.05, 4.69) is 26.0 Å². The molecule has 0 aromatic rings. The van der Waals surface area contributed by atoms with Crippen LogP contribution >= 0.6 is 7.82 Å². The minimum Gasteiger partial charge on any atom is -0.756 e. The Morgan fingerprint density at radius 1 is 0.608 bits per heavy atom. The van der Waals surface area contributed by atoms with E-state index < -0.39 is 13.9 Å². The van der Waals surface area contributed by atoms with Gasteiger partial charge in [-0.3, -0.25) is 9.36 Å². The van der Waals surface area contributed by atoms with E-state index in [1.54, 1.807) is 6.26 Å². The highest BCUT2D eigenvalue weighted by atomic mass is 31.2. The predicted molar refractivity (Wildman–Crippen MR) is 213 cm³/mol. The molecule has 2 atom stereocenters. The minimum atomic E-state index is -4.53. The van der Waals surface area contributed by atoms with Crippen LogP contribution in [0, 0.1) is 0 Å². The maximum absolute atomic E-state index is 12.6. The van der Waals surface area contributed by atoms with E-state index in [1.165, 1.54) is 128 Å². The van der Waals surface area contributed by atoms with Crippen molar-refractivity contribution in [3.63, 3.8) is 0 Å². The van der Waals surface area contributed by atoms with E-state index in [4.69, 9.17) is 18.5 Å². The normalized spacial score (nSPS) is 14.0. The largest absolute Gasteiger partial charge is 0.756 e. The maximum Gasteiger partial charge on any atom is 0.306 e. The highest BCUT2D eigenvalue weighted by Gasteiger charge is 2.20. The third-order valence-electron chi connectivity index (χ3n) is 9.07. The van der Waals surface area contributed by atoms with Crippen LogP contribution in [0.1, 0.15) is 187 Å². The van der Waals surface area contributed by atoms with Gasteiger partial charge < -0.3 is 27.9 Å². The molecule has 0 amide bonds. The lowest BCUT2D eigenvalue weighted by molar-refractivity contribution is -0.870. The van der Waals surface area contributed by atoms with Gasteiger partial charge in [0.15, 0.2) is 6.10 Å². The van der Waals surface area contributed by atoms with E-state index in [9.17, 15) is 14.3 Å². The van der Waals surface area contributed by atoms with Crippen LogP contribution in [0.3, 0.4) is 0 Å². The summed E-state index contributed by atoms with van der Waals surface area (Å²) >= 11 is 0. The van der Waals surface area contributed by atoms with Gasteiger partial charge in [-0.2, -0.15) is 0 Å². The molecule has 0 saturated carbocycles. The van der Waals surface area contributed by atoms with Crippen molar-refractivity contribution in [2.45, 2.75) is 193 Å². The number of phosphoric acid groups is 1. The fourth-order valence-electron chi connectivity index (χ4n) is 5.74. The highest BCUT2D eigenvalue weighted by molar-refractivity contribution is 7.45. The fourth-order valence-corrected chi connectivity index (χ4v) is 6.47. The Morgan fingerprint density at radius 3 is 1.51 bits per heavy atom. The number of carbonyl (C=O) groups is 1. The van der Waals surface area contributed by atoms with Gasteiger partial charge in [0.2, 0.25) is 0 Å². The Balaban J connectivity index is 4.31. The molecule has 0 aromatic carbocycles. The van der Waals surface area contributed by atoms with E-state index in [0.717, 1.165) is 38.5 Å². The second-order valence-corrected chi connectivity index (χ2v) is 16.8. The van der Waals surface area contributed by atoms with Crippen molar-refractivity contribution in [2.75, 3.05) is 47.5 Å². The molecular weight excluding hydrogens is 661 g/mol. The second-order valence-electron chi connectivity index (χ2n) is 15.4. The molecule has 0 bridgehead atoms. The summed E-state index contributed by atoms with van der Waals surface area (Å²) in [5.74, 6) is -0.358. The van der Waals surface area contributed by atoms with Gasteiger partial charge in [0.05, 0.1) is 34.0 Å². The first kappa shape index (κ1) is 49.8. The van der Waals surface area contributed by atoms with E-state index in [-0.39, 0.29) is 25.8 Å². The molecule has 0 aliphatic rings. The summed E-state index contributed by atoms with van der Waals surface area (Å²) in [5.41, 5.74) is 0. The van der Waals surface area contributed by atoms with Crippen LogP contribution in [0.2, 0.25) is 0 Å². The number of nitrogens with zero attached hydrogens (tertiary/aromatic N) is 1. The van der Waals surface area contributed by atoms with Crippen molar-refractivity contribution < 1.29 is 37.3 Å². The highest BCUT2D eigenvalue weighted by Crippen LogP contribution is 2.38. The van der Waals surface area contributed by atoms with Gasteiger partial charge in [0.1, 0.15) is 19.8 Å². The summed E-state index contributed by atoms with van der Waals surface area (Å²) < 4.78 is 34.3. The number of hydrogen-bond acceptors (Lipinski definition) is 7. The molecule has 0 aromatic heterocycles. The molecule has 0 aliphatic heterocycles. The summed E-state index contributed by atoms with van der Waals surface area (Å²) in [6, 6.07) is 0. The topological polar surface area (TPSA) is 94.1 Å². The van der Waals surface area contributed by atoms with Crippen molar-refractivity contribution >= 4 is 13.8 Å². The molecular formula is C42H82NO7P. The van der Waals surface area contributed by atoms with E-state index >= 15 is 0 Å². The van der Waals surface area contributed by atoms with Gasteiger partial charge in [0.25, 0.3) is 7.82 Å². The van der Waals surface area contributed by atoms with Gasteiger partial charge in [-0.1, -0.05) is 148 Å². The molecule has 0 N–H and O–H groups in total. The van der Waals surface area contributed by atoms with Gasteiger partial charge in [-0.25, -0.2) is 0 Å². The van der Waals surface area contributed by atoms with Crippen LogP contribution in [0.4, 0.5) is 0 Å². The third-order valence-corrected chi connectivity index (χ3v) is 10.0. The van der Waals surface area contributed by atoms with Crippen LogP contribution in [0.15, 0.2) is 24.5 Å². The summed E-state index contributed by atoms with van der Waals surface area (Å²) in [6.45, 7) is 4.73. The number of ether oxygens (including phenoxy) is 2. The fraction of sp³-hybridized carbons (Fsp3) is 0.881. The van der Waals surface area contributed by atoms with Gasteiger partial charge in [0, 0.05) is 6.42 Å². The van der Waals surface area contributed by atoms with Gasteiger partial charge >= 0.3 is 5.97 Å². The molecule has 9 heteroatoms. The van der Waals surface area contributed by atoms with Crippen molar-refractivity contribution in [1.29, 1.82) is 0 Å². The Labute approximate surface area is 315 Å². The standard InChI is InChI=1S/C42H82NO7P/c1-6-8-10-12-14-16-18-20-21-22-24-26-28-30-32-34-37-47-39-41(40-49-51(45,46)48-38-36-43(3,4)5)50-42(44)35-33-31-29-27-25-23-19-17-15-13-11-9-7-2/h20-21,34,37,41H,6-19,22-33,35-36,38-40H2,1-5H3/b21-20-,37-34-/t41-/m1/s1. The van der Waals surface area contributed by atoms with Gasteiger partial charge in [-0.05, 0) is 51.0 Å². The zero-order valence-electron chi connectivity index (χ0n) is 34.1. The quantitative estimate of drug-likeness (QED) is 0.0154. The number of hydrogen-bond donors (Lipinski definition) is 0. The molecule has 0 aliphatic carbocycles. The monoisotopic (exact) mass is 744 g/mol. The minimum absolute atomic E-state index is 0.0168. The zero-order chi connectivity index (χ0) is 37.7. The number of likely N-dealkylation sites (N-methyl/N-ethyl adjacent to an activating group) is 1. The maximum atomic E-state index is 12.6. The van der Waals surface area contributed by atoms with Crippen LogP contribution in [0.5, 0.6) is 0 Å². The smallest absolute Gasteiger partial charge is 0.306 e. The molecule has 0 spiro atoms. The van der Waals surface area contributed by atoms with Crippen molar-refractivity contribution in [2.24, 2.45) is 0 Å². The first-order valence-electron chi connectivity index (χ1n) is 21.1. The number of esters is 1. The zero-order valence-corrected chi connectivity index (χ0v) is 35.0. The van der Waals surface area contributed by atoms with E-state index in [1.807, 2.05) is 27.2 Å². The molecule has 8 nitrogen and oxygen atoms in total. The lowest BCUT2D eigenvalue weighted by Crippen LogP contribution is -2.37. The lowest BCUT2D eigenvalue weighted by atomic mass is 10.0. The van der Waals surface area contributed by atoms with Crippen molar-refractivity contribution in [3.05, 3.63) is 24.5 Å². The molecule has 0 fully saturated rings. The van der Waals surface area contributed by atoms with Crippen LogP contribution in [-0.2, 0) is 27.9 Å². The number of unbranched alkanes of at least 4 members (excludes halogenated alkanes) is 23. The Kier molecular flexibility index (Phi) is 35.0. The number of allylic oxidation sites excluding steroid dienone is 3. The molecule has 0 heterocycles. The SMILES string of the molecule is CCCCCCCC/C=C\CCCCCC/C=C\OC[C@H](COP(=O)([O-])OCC[N+](C)(C)C)OC(=O)CCCCCCCCCCCCCCC. The molecule has 0 saturated heterocycles. The Bertz CT molecular complexity index is 874. The average Bonchev–Trinajstić information content (AvgIpc) is 3.08. The van der Waals surface area contributed by atoms with E-state index in [0.29, 0.717) is 17.4 Å². The summed E-state index contributed by atoms with van der Waals surface area (Å²) in [5, 5.41) is 0. The Morgan fingerprint density at radius 2 is 1.04 bits per heavy atom. The van der Waals surface area contributed by atoms with Crippen LogP contribution in [0.25, 0.3) is 0 Å². The molecule has 51 heavy (non-hydrogen) atoms. The molecule has 0 radical (unpaired) electrons. The van der Waals surface area contributed by atoms with Crippen LogP contribution < -0.4 is 4.89 Å². The summed E-state index contributed by atoms with van der Waals surface area (Å²) in [7, 11) is 1.32. The Hall–Kier alpha value is -1.18. The molecule has 0 rings (SSSR count). The molecule has 1 unspecified atom stereocenters. The summed E-state index contributed by atoms with van der Waals surface area (Å²) in [4.78, 5) is 25.0. The third kappa shape index (κ3) is 39.9. The summed E-state index contributed by atoms with van der Waals surface area (Å²) in [6.07, 6.45) is 39.9. The number of quaternary nitrogens is 1. The first-order chi connectivity index (χ1) is 24.6. The van der Waals surface area contributed by atoms with Crippen molar-refractivity contribution in [1.82, 2.24) is 0 Å². The average molecular weight is 744 g/mol.